The highest BCUT2D eigenvalue weighted by Crippen LogP contribution is 2.25. The number of sulfonamides is 1. The average molecular weight is 734 g/mol. The predicted octanol–water partition coefficient (Wildman–Crippen LogP) is 6.13. The van der Waals surface area contributed by atoms with E-state index in [0.29, 0.717) is 5.56 Å². The summed E-state index contributed by atoms with van der Waals surface area (Å²) in [6, 6.07) is 32.1. The van der Waals surface area contributed by atoms with Crippen molar-refractivity contribution < 1.29 is 27.5 Å². The van der Waals surface area contributed by atoms with Gasteiger partial charge in [-0.2, -0.15) is 5.10 Å². The number of hydrogen-bond donors (Lipinski definition) is 3. The molecule has 0 saturated heterocycles. The van der Waals surface area contributed by atoms with Gasteiger partial charge in [-0.15, -0.1) is 0 Å². The number of amides is 2. The van der Waals surface area contributed by atoms with Crippen molar-refractivity contribution >= 4 is 38.3 Å². The molecule has 0 fully saturated rings. The Hall–Kier alpha value is -5.85. The molecule has 0 unspecified atom stereocenters. The number of rotatable bonds is 13. The van der Waals surface area contributed by atoms with Crippen molar-refractivity contribution in [2.75, 3.05) is 17.6 Å². The van der Waals surface area contributed by atoms with Crippen LogP contribution in [0.3, 0.4) is 0 Å². The van der Waals surface area contributed by atoms with E-state index < -0.39 is 45.8 Å². The van der Waals surface area contributed by atoms with Crippen LogP contribution in [-0.2, 0) is 23.0 Å². The van der Waals surface area contributed by atoms with Crippen molar-refractivity contribution in [1.82, 2.24) is 20.4 Å². The predicted molar refractivity (Wildman–Crippen MR) is 205 cm³/mol. The van der Waals surface area contributed by atoms with Gasteiger partial charge in [0.05, 0.1) is 42.9 Å². The molecule has 0 bridgehead atoms. The number of nitrogens with zero attached hydrogens (tertiary/aromatic N) is 3. The lowest BCUT2D eigenvalue weighted by Gasteiger charge is -2.25. The summed E-state index contributed by atoms with van der Waals surface area (Å²) in [6.07, 6.45) is 3.78. The second-order valence-corrected chi connectivity index (χ2v) is 15.1. The number of nitrogens with one attached hydrogen (secondary N) is 2. The molecule has 0 spiro atoms. The van der Waals surface area contributed by atoms with E-state index in [0.717, 1.165) is 38.0 Å². The van der Waals surface area contributed by atoms with Crippen LogP contribution in [0.1, 0.15) is 44.8 Å². The van der Waals surface area contributed by atoms with Gasteiger partial charge in [-0.3, -0.25) is 18.6 Å². The molecule has 5 aromatic carbocycles. The molecule has 6 aromatic rings. The molecule has 3 atom stereocenters. The van der Waals surface area contributed by atoms with Crippen LogP contribution in [-0.4, -0.2) is 60.6 Å². The molecule has 6 rings (SSSR count). The normalized spacial score (nSPS) is 13.2. The van der Waals surface area contributed by atoms with Crippen LogP contribution in [0.5, 0.6) is 0 Å². The topological polar surface area (TPSA) is 134 Å². The van der Waals surface area contributed by atoms with Gasteiger partial charge in [0.25, 0.3) is 11.8 Å². The molecule has 0 aliphatic carbocycles. The first-order valence-corrected chi connectivity index (χ1v) is 18.9. The van der Waals surface area contributed by atoms with Crippen LogP contribution in [0.15, 0.2) is 128 Å². The first-order chi connectivity index (χ1) is 25.3. The third-order valence-corrected chi connectivity index (χ3v) is 10.4. The minimum Gasteiger partial charge on any atom is -0.389 e. The maximum absolute atomic E-state index is 14.0. The Bertz CT molecular complexity index is 2350. The molecule has 10 nitrogen and oxygen atoms in total. The summed E-state index contributed by atoms with van der Waals surface area (Å²) in [4.78, 5) is 27.5. The molecule has 1 heterocycles. The Morgan fingerprint density at radius 2 is 1.47 bits per heavy atom. The number of carbonyl (C=O) groups is 2. The van der Waals surface area contributed by atoms with Gasteiger partial charge in [-0.05, 0) is 77.2 Å². The van der Waals surface area contributed by atoms with Gasteiger partial charge in [0, 0.05) is 29.9 Å². The number of aliphatic hydroxyl groups excluding tert-OH is 1. The van der Waals surface area contributed by atoms with Crippen molar-refractivity contribution in [2.24, 2.45) is 0 Å². The van der Waals surface area contributed by atoms with E-state index in [1.54, 1.807) is 29.9 Å². The van der Waals surface area contributed by atoms with Gasteiger partial charge < -0.3 is 15.7 Å². The fourth-order valence-corrected chi connectivity index (χ4v) is 6.55. The van der Waals surface area contributed by atoms with Crippen molar-refractivity contribution in [2.45, 2.75) is 38.1 Å². The zero-order valence-corrected chi connectivity index (χ0v) is 30.3. The summed E-state index contributed by atoms with van der Waals surface area (Å²) in [5.41, 5.74) is 3.52. The Labute approximate surface area is 308 Å². The largest absolute Gasteiger partial charge is 0.389 e. The number of carbonyl (C=O) groups excluding carboxylic acids is 2. The third kappa shape index (κ3) is 9.15. The molecular weight excluding hydrogens is 694 g/mol. The van der Waals surface area contributed by atoms with Crippen molar-refractivity contribution in [3.8, 4) is 11.1 Å². The maximum Gasteiger partial charge on any atom is 0.251 e. The van der Waals surface area contributed by atoms with Crippen molar-refractivity contribution in [3.05, 3.63) is 156 Å². The minimum absolute atomic E-state index is 0.0144. The smallest absolute Gasteiger partial charge is 0.251 e. The number of fused-ring (bicyclic) bond motifs is 1. The molecule has 3 N–H and O–H groups in total. The summed E-state index contributed by atoms with van der Waals surface area (Å²) in [5.74, 6) is -1.60. The zero-order valence-electron chi connectivity index (χ0n) is 29.5. The second-order valence-electron chi connectivity index (χ2n) is 13.1. The highest BCUT2D eigenvalue weighted by atomic mass is 32.2. The molecule has 0 radical (unpaired) electrons. The number of hydrogen-bond acceptors (Lipinski definition) is 6. The fourth-order valence-electron chi connectivity index (χ4n) is 6.06. The van der Waals surface area contributed by atoms with Crippen molar-refractivity contribution in [1.29, 1.82) is 0 Å². The lowest BCUT2D eigenvalue weighted by Crippen LogP contribution is -2.46. The van der Waals surface area contributed by atoms with Gasteiger partial charge in [0.2, 0.25) is 10.0 Å². The Morgan fingerprint density at radius 1 is 0.830 bits per heavy atom. The summed E-state index contributed by atoms with van der Waals surface area (Å²) >= 11 is 0. The average Bonchev–Trinajstić information content (AvgIpc) is 3.62. The van der Waals surface area contributed by atoms with Gasteiger partial charge >= 0.3 is 0 Å². The van der Waals surface area contributed by atoms with Gasteiger partial charge in [-0.25, -0.2) is 12.8 Å². The third-order valence-electron chi connectivity index (χ3n) is 9.19. The number of aliphatic hydroxyl groups is 1. The molecule has 272 valence electrons. The summed E-state index contributed by atoms with van der Waals surface area (Å²) in [6.45, 7) is 1.79. The molecule has 0 aliphatic heterocycles. The minimum atomic E-state index is -3.77. The maximum atomic E-state index is 14.0. The zero-order chi connectivity index (χ0) is 37.7. The lowest BCUT2D eigenvalue weighted by molar-refractivity contribution is 0.0780. The molecule has 0 aliphatic rings. The molecule has 1 aromatic heterocycles. The highest BCUT2D eigenvalue weighted by Gasteiger charge is 2.26. The second kappa shape index (κ2) is 15.8. The first kappa shape index (κ1) is 36.9. The quantitative estimate of drug-likeness (QED) is 0.131. The molecular formula is C41H40FN5O5S. The number of anilines is 1. The number of benzene rings is 5. The highest BCUT2D eigenvalue weighted by molar-refractivity contribution is 7.92. The summed E-state index contributed by atoms with van der Waals surface area (Å²) < 4.78 is 41.2. The standard InChI is InChI=1S/C41H40FN5O5S/c1-27(29-15-17-36(42)18-16-29)44-40(49)33-21-34(23-37(22-33)46(2)53(3,51)52)41(50)45-38(19-28-9-5-4-6-10-28)39(48)26-47-25-35(24-43-47)32-14-13-30-11-7-8-12-31(30)20-32/h4-18,20-25,27,38-39,48H,19,26H2,1-3H3,(H,44,49)(H,45,50)/t27-,38+,39+/m1/s1. The molecule has 0 saturated carbocycles. The van der Waals surface area contributed by atoms with Crippen molar-refractivity contribution in [3.63, 3.8) is 0 Å². The Morgan fingerprint density at radius 3 is 2.15 bits per heavy atom. The van der Waals surface area contributed by atoms with E-state index in [4.69, 9.17) is 0 Å². The number of halogens is 1. The van der Waals surface area contributed by atoms with E-state index in [1.807, 2.05) is 72.9 Å². The summed E-state index contributed by atoms with van der Waals surface area (Å²) in [7, 11) is -2.44. The SMILES string of the molecule is C[C@@H](NC(=O)c1cc(C(=O)N[C@@H](Cc2ccccc2)[C@@H](O)Cn2cc(-c3ccc4ccccc4c3)cn2)cc(N(C)S(C)(=O)=O)c1)c1ccc(F)cc1. The van der Waals surface area contributed by atoms with Crippen LogP contribution in [0, 0.1) is 5.82 Å². The van der Waals surface area contributed by atoms with Gasteiger partial charge in [0.15, 0.2) is 0 Å². The van der Waals surface area contributed by atoms with E-state index in [2.05, 4.69) is 21.8 Å². The Balaban J connectivity index is 1.26. The van der Waals surface area contributed by atoms with E-state index in [-0.39, 0.29) is 29.8 Å². The lowest BCUT2D eigenvalue weighted by atomic mass is 10.00. The summed E-state index contributed by atoms with van der Waals surface area (Å²) in [5, 5.41) is 24.1. The number of aromatic nitrogens is 2. The van der Waals surface area contributed by atoms with E-state index in [9.17, 15) is 27.5 Å². The monoisotopic (exact) mass is 733 g/mol. The van der Waals surface area contributed by atoms with Crippen LogP contribution >= 0.6 is 0 Å². The van der Waals surface area contributed by atoms with Gasteiger partial charge in [0.1, 0.15) is 5.82 Å². The van der Waals surface area contributed by atoms with Crippen LogP contribution < -0.4 is 14.9 Å². The molecule has 53 heavy (non-hydrogen) atoms. The molecule has 12 heteroatoms. The van der Waals surface area contributed by atoms with Crippen LogP contribution in [0.25, 0.3) is 21.9 Å². The van der Waals surface area contributed by atoms with E-state index >= 15 is 0 Å². The van der Waals surface area contributed by atoms with Gasteiger partial charge in [-0.1, -0.05) is 78.9 Å². The van der Waals surface area contributed by atoms with E-state index in [1.165, 1.54) is 37.4 Å². The van der Waals surface area contributed by atoms with Crippen LogP contribution in [0.2, 0.25) is 0 Å². The Kier molecular flexibility index (Phi) is 11.0. The first-order valence-electron chi connectivity index (χ1n) is 17.0. The van der Waals surface area contributed by atoms with Crippen LogP contribution in [0.4, 0.5) is 10.1 Å². The fraction of sp³-hybridized carbons (Fsp3) is 0.195. The molecule has 2 amide bonds.